The third-order valence-corrected chi connectivity index (χ3v) is 4.62. The van der Waals surface area contributed by atoms with Crippen LogP contribution in [0.1, 0.15) is 23.6 Å². The molecule has 0 unspecified atom stereocenters. The summed E-state index contributed by atoms with van der Waals surface area (Å²) in [5, 5.41) is 6.22. The predicted molar refractivity (Wildman–Crippen MR) is 99.1 cm³/mol. The van der Waals surface area contributed by atoms with Crippen LogP contribution in [-0.4, -0.2) is 18.2 Å². The molecule has 0 aliphatic rings. The summed E-state index contributed by atoms with van der Waals surface area (Å²) in [6, 6.07) is 14.6. The van der Waals surface area contributed by atoms with Crippen LogP contribution < -0.4 is 10.6 Å². The van der Waals surface area contributed by atoms with Crippen molar-refractivity contribution < 1.29 is 4.79 Å². The molecule has 122 valence electrons. The van der Waals surface area contributed by atoms with E-state index in [1.165, 1.54) is 28.5 Å². The van der Waals surface area contributed by atoms with Crippen molar-refractivity contribution in [3.63, 3.8) is 0 Å². The zero-order valence-electron chi connectivity index (χ0n) is 14.0. The molecule has 0 radical (unpaired) electrons. The van der Waals surface area contributed by atoms with Crippen molar-refractivity contribution in [2.45, 2.75) is 32.2 Å². The second-order valence-electron chi connectivity index (χ2n) is 5.65. The van der Waals surface area contributed by atoms with Crippen molar-refractivity contribution >= 4 is 23.4 Å². The van der Waals surface area contributed by atoms with Crippen LogP contribution in [0.3, 0.4) is 0 Å². The Kier molecular flexibility index (Phi) is 6.68. The number of aryl methyl sites for hydroxylation is 2. The summed E-state index contributed by atoms with van der Waals surface area (Å²) in [7, 11) is 0. The van der Waals surface area contributed by atoms with Gasteiger partial charge in [0.25, 0.3) is 0 Å². The minimum absolute atomic E-state index is 0.0424. The monoisotopic (exact) mass is 328 g/mol. The second kappa shape index (κ2) is 8.75. The van der Waals surface area contributed by atoms with Gasteiger partial charge in [0.2, 0.25) is 5.91 Å². The third-order valence-electron chi connectivity index (χ3n) is 3.63. The molecular formula is C19H24N2OS. The van der Waals surface area contributed by atoms with E-state index in [1.807, 2.05) is 36.0 Å². The largest absolute Gasteiger partial charge is 0.326 e. The molecule has 2 aromatic rings. The first kappa shape index (κ1) is 17.6. The Hall–Kier alpha value is -1.78. The van der Waals surface area contributed by atoms with Gasteiger partial charge in [0.1, 0.15) is 0 Å². The molecule has 0 bridgehead atoms. The minimum atomic E-state index is -0.0424. The summed E-state index contributed by atoms with van der Waals surface area (Å²) in [5.74, 6) is 1.01. The van der Waals surface area contributed by atoms with Crippen molar-refractivity contribution in [2.75, 3.05) is 17.6 Å². The SMILES string of the molecule is CC(=O)Nc1ccc(CNCCSc2ccc(C)c(C)c2)cc1. The third kappa shape index (κ3) is 6.08. The molecule has 2 aromatic carbocycles. The molecule has 3 nitrogen and oxygen atoms in total. The molecule has 0 aliphatic heterocycles. The lowest BCUT2D eigenvalue weighted by atomic mass is 10.1. The number of amides is 1. The molecule has 0 aromatic heterocycles. The van der Waals surface area contributed by atoms with Crippen LogP contribution in [-0.2, 0) is 11.3 Å². The number of hydrogen-bond donors (Lipinski definition) is 2. The van der Waals surface area contributed by atoms with E-state index in [9.17, 15) is 4.79 Å². The highest BCUT2D eigenvalue weighted by Crippen LogP contribution is 2.20. The number of thioether (sulfide) groups is 1. The van der Waals surface area contributed by atoms with Crippen molar-refractivity contribution in [3.8, 4) is 0 Å². The van der Waals surface area contributed by atoms with Gasteiger partial charge in [-0.1, -0.05) is 18.2 Å². The van der Waals surface area contributed by atoms with Gasteiger partial charge in [-0.25, -0.2) is 0 Å². The maximum Gasteiger partial charge on any atom is 0.221 e. The molecule has 0 saturated heterocycles. The second-order valence-corrected chi connectivity index (χ2v) is 6.82. The topological polar surface area (TPSA) is 41.1 Å². The van der Waals surface area contributed by atoms with Crippen molar-refractivity contribution in [1.29, 1.82) is 0 Å². The van der Waals surface area contributed by atoms with Gasteiger partial charge < -0.3 is 10.6 Å². The number of anilines is 1. The molecule has 0 fully saturated rings. The first-order chi connectivity index (χ1) is 11.0. The standard InChI is InChI=1S/C19H24N2OS/c1-14-4-9-19(12-15(14)2)23-11-10-20-13-17-5-7-18(8-6-17)21-16(3)22/h4-9,12,20H,10-11,13H2,1-3H3,(H,21,22). The zero-order chi connectivity index (χ0) is 16.7. The Morgan fingerprint density at radius 1 is 1.04 bits per heavy atom. The Morgan fingerprint density at radius 2 is 1.78 bits per heavy atom. The Morgan fingerprint density at radius 3 is 2.43 bits per heavy atom. The van der Waals surface area contributed by atoms with Crippen LogP contribution in [0.25, 0.3) is 0 Å². The Balaban J connectivity index is 1.68. The van der Waals surface area contributed by atoms with Crippen LogP contribution >= 0.6 is 11.8 Å². The summed E-state index contributed by atoms with van der Waals surface area (Å²) >= 11 is 1.88. The molecule has 1 amide bonds. The van der Waals surface area contributed by atoms with Gasteiger partial charge in [-0.15, -0.1) is 11.8 Å². The summed E-state index contributed by atoms with van der Waals surface area (Å²) in [4.78, 5) is 12.3. The number of nitrogens with one attached hydrogen (secondary N) is 2. The smallest absolute Gasteiger partial charge is 0.221 e. The van der Waals surface area contributed by atoms with Crippen molar-refractivity contribution in [3.05, 3.63) is 59.2 Å². The molecule has 0 atom stereocenters. The van der Waals surface area contributed by atoms with Crippen LogP contribution in [0.2, 0.25) is 0 Å². The lowest BCUT2D eigenvalue weighted by Gasteiger charge is -2.08. The number of hydrogen-bond acceptors (Lipinski definition) is 3. The molecule has 0 spiro atoms. The van der Waals surface area contributed by atoms with Gasteiger partial charge in [0.05, 0.1) is 0 Å². The maximum absolute atomic E-state index is 11.0. The average molecular weight is 328 g/mol. The fourth-order valence-corrected chi connectivity index (χ4v) is 3.09. The highest BCUT2D eigenvalue weighted by atomic mass is 32.2. The fourth-order valence-electron chi connectivity index (χ4n) is 2.19. The quantitative estimate of drug-likeness (QED) is 0.593. The van der Waals surface area contributed by atoms with Gasteiger partial charge in [0.15, 0.2) is 0 Å². The van der Waals surface area contributed by atoms with E-state index in [0.717, 1.165) is 24.5 Å². The summed E-state index contributed by atoms with van der Waals surface area (Å²) in [5.41, 5.74) is 4.75. The lowest BCUT2D eigenvalue weighted by molar-refractivity contribution is -0.114. The van der Waals surface area contributed by atoms with Crippen LogP contribution in [0.5, 0.6) is 0 Å². The van der Waals surface area contributed by atoms with Crippen LogP contribution in [0.4, 0.5) is 5.69 Å². The van der Waals surface area contributed by atoms with Crippen molar-refractivity contribution in [1.82, 2.24) is 5.32 Å². The number of benzene rings is 2. The molecule has 4 heteroatoms. The van der Waals surface area contributed by atoms with Gasteiger partial charge in [-0.2, -0.15) is 0 Å². The summed E-state index contributed by atoms with van der Waals surface area (Å²) in [6.07, 6.45) is 0. The number of carbonyl (C=O) groups excluding carboxylic acids is 1. The Labute approximate surface area is 142 Å². The highest BCUT2D eigenvalue weighted by Gasteiger charge is 1.99. The maximum atomic E-state index is 11.0. The fraction of sp³-hybridized carbons (Fsp3) is 0.316. The lowest BCUT2D eigenvalue weighted by Crippen LogP contribution is -2.16. The zero-order valence-corrected chi connectivity index (χ0v) is 14.8. The number of carbonyl (C=O) groups is 1. The van der Waals surface area contributed by atoms with Gasteiger partial charge >= 0.3 is 0 Å². The first-order valence-electron chi connectivity index (χ1n) is 7.82. The summed E-state index contributed by atoms with van der Waals surface area (Å²) in [6.45, 7) is 7.62. The van der Waals surface area contributed by atoms with E-state index in [1.54, 1.807) is 0 Å². The minimum Gasteiger partial charge on any atom is -0.326 e. The number of rotatable bonds is 7. The van der Waals surface area contributed by atoms with E-state index in [4.69, 9.17) is 0 Å². The van der Waals surface area contributed by atoms with Crippen LogP contribution in [0.15, 0.2) is 47.4 Å². The highest BCUT2D eigenvalue weighted by molar-refractivity contribution is 7.99. The van der Waals surface area contributed by atoms with E-state index >= 15 is 0 Å². The molecule has 23 heavy (non-hydrogen) atoms. The average Bonchev–Trinajstić information content (AvgIpc) is 2.51. The van der Waals surface area contributed by atoms with E-state index in [2.05, 4.69) is 42.7 Å². The summed E-state index contributed by atoms with van der Waals surface area (Å²) < 4.78 is 0. The van der Waals surface area contributed by atoms with Gasteiger partial charge in [-0.05, 0) is 54.8 Å². The normalized spacial score (nSPS) is 10.6. The first-order valence-corrected chi connectivity index (χ1v) is 8.80. The molecule has 2 rings (SSSR count). The van der Waals surface area contributed by atoms with Gasteiger partial charge in [0, 0.05) is 36.3 Å². The van der Waals surface area contributed by atoms with Crippen molar-refractivity contribution in [2.24, 2.45) is 0 Å². The molecule has 2 N–H and O–H groups in total. The van der Waals surface area contributed by atoms with Crippen LogP contribution in [0, 0.1) is 13.8 Å². The predicted octanol–water partition coefficient (Wildman–Crippen LogP) is 4.14. The molecule has 0 saturated carbocycles. The Bertz CT molecular complexity index is 653. The molecule has 0 heterocycles. The van der Waals surface area contributed by atoms with E-state index in [0.29, 0.717) is 0 Å². The van der Waals surface area contributed by atoms with E-state index in [-0.39, 0.29) is 5.91 Å². The molecular weight excluding hydrogens is 304 g/mol. The molecule has 0 aliphatic carbocycles. The van der Waals surface area contributed by atoms with E-state index < -0.39 is 0 Å². The van der Waals surface area contributed by atoms with Gasteiger partial charge in [-0.3, -0.25) is 4.79 Å².